The Morgan fingerprint density at radius 3 is 3.05 bits per heavy atom. The minimum Gasteiger partial charge on any atom is -0.366 e. The highest BCUT2D eigenvalue weighted by molar-refractivity contribution is 6.04. The van der Waals surface area contributed by atoms with E-state index in [1.165, 1.54) is 38.6 Å². The van der Waals surface area contributed by atoms with Crippen LogP contribution in [-0.4, -0.2) is 39.9 Å². The van der Waals surface area contributed by atoms with Gasteiger partial charge in [-0.05, 0) is 44.4 Å². The fourth-order valence-corrected chi connectivity index (χ4v) is 4.06. The van der Waals surface area contributed by atoms with Crippen LogP contribution in [0.2, 0.25) is 0 Å². The molecule has 2 aliphatic heterocycles. The van der Waals surface area contributed by atoms with E-state index in [0.29, 0.717) is 17.0 Å². The van der Waals surface area contributed by atoms with E-state index in [2.05, 4.69) is 9.88 Å². The molecule has 0 aliphatic carbocycles. The minimum absolute atomic E-state index is 0.414. The van der Waals surface area contributed by atoms with Gasteiger partial charge in [0.15, 0.2) is 0 Å². The second kappa shape index (κ2) is 5.39. The quantitative estimate of drug-likeness (QED) is 0.894. The topological polar surface area (TPSA) is 75.0 Å². The molecule has 0 spiro atoms. The van der Waals surface area contributed by atoms with E-state index in [0.717, 1.165) is 23.9 Å². The summed E-state index contributed by atoms with van der Waals surface area (Å²) in [5, 5.41) is 0. The van der Waals surface area contributed by atoms with Crippen molar-refractivity contribution in [2.45, 2.75) is 44.1 Å². The van der Waals surface area contributed by atoms with Crippen LogP contribution in [0.5, 0.6) is 0 Å². The Bertz CT molecular complexity index is 708. The van der Waals surface area contributed by atoms with Gasteiger partial charge in [0.25, 0.3) is 5.91 Å². The summed E-state index contributed by atoms with van der Waals surface area (Å²) >= 11 is 0. The number of hydrogen-bond donors (Lipinski definition) is 2. The number of carbonyl (C=O) groups excluding carboxylic acids is 1. The van der Waals surface area contributed by atoms with E-state index in [-0.39, 0.29) is 0 Å². The van der Waals surface area contributed by atoms with Crippen molar-refractivity contribution in [2.24, 2.45) is 5.73 Å². The summed E-state index contributed by atoms with van der Waals surface area (Å²) in [5.41, 5.74) is 7.58. The zero-order valence-electron chi connectivity index (χ0n) is 12.7. The van der Waals surface area contributed by atoms with Gasteiger partial charge in [-0.3, -0.25) is 9.69 Å². The van der Waals surface area contributed by atoms with E-state index in [1.54, 1.807) is 6.07 Å². The van der Waals surface area contributed by atoms with Crippen molar-refractivity contribution in [1.82, 2.24) is 14.9 Å². The van der Waals surface area contributed by atoms with Gasteiger partial charge in [-0.25, -0.2) is 4.98 Å². The summed E-state index contributed by atoms with van der Waals surface area (Å²) in [4.78, 5) is 22.3. The number of carbonyl (C=O) groups is 1. The highest BCUT2D eigenvalue weighted by atomic mass is 16.1. The maximum Gasteiger partial charge on any atom is 0.250 e. The van der Waals surface area contributed by atoms with Crippen LogP contribution in [-0.2, 0) is 0 Å². The van der Waals surface area contributed by atoms with Crippen LogP contribution in [0.15, 0.2) is 18.2 Å². The van der Waals surface area contributed by atoms with Gasteiger partial charge in [0, 0.05) is 18.5 Å². The number of para-hydroxylation sites is 1. The third-order valence-corrected chi connectivity index (χ3v) is 5.24. The molecule has 2 atom stereocenters. The number of benzene rings is 1. The number of imidazole rings is 1. The van der Waals surface area contributed by atoms with E-state index in [9.17, 15) is 4.79 Å². The first kappa shape index (κ1) is 13.8. The van der Waals surface area contributed by atoms with Gasteiger partial charge in [0.2, 0.25) is 0 Å². The molecule has 5 heteroatoms. The normalized spacial score (nSPS) is 26.0. The maximum atomic E-state index is 11.5. The highest BCUT2D eigenvalue weighted by Crippen LogP contribution is 2.34. The third kappa shape index (κ3) is 2.29. The SMILES string of the molecule is NC(=O)c1cccc2[nH]c(C3CCC4CCCCN4C3)nc12. The molecule has 3 N–H and O–H groups in total. The van der Waals surface area contributed by atoms with Crippen molar-refractivity contribution in [2.75, 3.05) is 13.1 Å². The molecule has 2 fully saturated rings. The summed E-state index contributed by atoms with van der Waals surface area (Å²) in [6.07, 6.45) is 6.46. The zero-order chi connectivity index (χ0) is 15.1. The Morgan fingerprint density at radius 1 is 1.27 bits per heavy atom. The molecular weight excluding hydrogens is 276 g/mol. The summed E-state index contributed by atoms with van der Waals surface area (Å²) in [6, 6.07) is 6.34. The number of amides is 1. The fraction of sp³-hybridized carbons (Fsp3) is 0.529. The van der Waals surface area contributed by atoms with Crippen LogP contribution in [0.3, 0.4) is 0 Å². The number of aromatic amines is 1. The van der Waals surface area contributed by atoms with Gasteiger partial charge in [-0.15, -0.1) is 0 Å². The number of primary amides is 1. The molecule has 5 nitrogen and oxygen atoms in total. The molecule has 22 heavy (non-hydrogen) atoms. The van der Waals surface area contributed by atoms with E-state index >= 15 is 0 Å². The van der Waals surface area contributed by atoms with Gasteiger partial charge < -0.3 is 10.7 Å². The molecule has 1 aromatic heterocycles. The number of H-pyrrole nitrogens is 1. The molecule has 0 saturated carbocycles. The standard InChI is InChI=1S/C17H22N4O/c18-16(22)13-5-3-6-14-15(13)20-17(19-14)11-7-8-12-4-1-2-9-21(12)10-11/h3,5-6,11-12H,1-2,4,7-10H2,(H2,18,22)(H,19,20). The molecule has 1 amide bonds. The largest absolute Gasteiger partial charge is 0.366 e. The average Bonchev–Trinajstić information content (AvgIpc) is 2.98. The maximum absolute atomic E-state index is 11.5. The fourth-order valence-electron chi connectivity index (χ4n) is 4.06. The minimum atomic E-state index is -0.414. The molecule has 3 heterocycles. The van der Waals surface area contributed by atoms with Gasteiger partial charge in [-0.1, -0.05) is 12.5 Å². The predicted molar refractivity (Wildman–Crippen MR) is 85.8 cm³/mol. The zero-order valence-corrected chi connectivity index (χ0v) is 12.7. The smallest absolute Gasteiger partial charge is 0.250 e. The molecule has 116 valence electrons. The highest BCUT2D eigenvalue weighted by Gasteiger charge is 2.32. The number of piperidine rings is 2. The van der Waals surface area contributed by atoms with Crippen LogP contribution in [0.4, 0.5) is 0 Å². The Labute approximate surface area is 129 Å². The number of rotatable bonds is 2. The second-order valence-corrected chi connectivity index (χ2v) is 6.61. The lowest BCUT2D eigenvalue weighted by Crippen LogP contribution is -2.45. The molecular formula is C17H22N4O. The third-order valence-electron chi connectivity index (χ3n) is 5.24. The summed E-state index contributed by atoms with van der Waals surface area (Å²) in [5.74, 6) is 1.03. The molecule has 4 rings (SSSR count). The number of nitrogens with two attached hydrogens (primary N) is 1. The van der Waals surface area contributed by atoms with Crippen molar-refractivity contribution >= 4 is 16.9 Å². The Balaban J connectivity index is 1.64. The van der Waals surface area contributed by atoms with E-state index < -0.39 is 5.91 Å². The van der Waals surface area contributed by atoms with E-state index in [4.69, 9.17) is 10.7 Å². The number of aromatic nitrogens is 2. The summed E-state index contributed by atoms with van der Waals surface area (Å²) in [7, 11) is 0. The Hall–Kier alpha value is -1.88. The predicted octanol–water partition coefficient (Wildman–Crippen LogP) is 2.39. The van der Waals surface area contributed by atoms with Crippen molar-refractivity contribution < 1.29 is 4.79 Å². The lowest BCUT2D eigenvalue weighted by atomic mass is 9.87. The van der Waals surface area contributed by atoms with Crippen molar-refractivity contribution in [3.8, 4) is 0 Å². The summed E-state index contributed by atoms with van der Waals surface area (Å²) < 4.78 is 0. The number of nitrogens with zero attached hydrogens (tertiary/aromatic N) is 2. The second-order valence-electron chi connectivity index (χ2n) is 6.61. The molecule has 2 saturated heterocycles. The van der Waals surface area contributed by atoms with Crippen LogP contribution in [0.1, 0.15) is 54.2 Å². The molecule has 0 bridgehead atoms. The number of fused-ring (bicyclic) bond motifs is 2. The van der Waals surface area contributed by atoms with Gasteiger partial charge in [0.1, 0.15) is 11.3 Å². The van der Waals surface area contributed by atoms with Crippen LogP contribution < -0.4 is 5.73 Å². The average molecular weight is 298 g/mol. The first-order valence-corrected chi connectivity index (χ1v) is 8.25. The number of hydrogen-bond acceptors (Lipinski definition) is 3. The van der Waals surface area contributed by atoms with E-state index in [1.807, 2.05) is 12.1 Å². The van der Waals surface area contributed by atoms with Crippen molar-refractivity contribution in [3.63, 3.8) is 0 Å². The number of nitrogens with one attached hydrogen (secondary N) is 1. The van der Waals surface area contributed by atoms with Crippen LogP contribution in [0, 0.1) is 0 Å². The van der Waals surface area contributed by atoms with Gasteiger partial charge in [-0.2, -0.15) is 0 Å². The lowest BCUT2D eigenvalue weighted by Gasteiger charge is -2.42. The Kier molecular flexibility index (Phi) is 3.37. The summed E-state index contributed by atoms with van der Waals surface area (Å²) in [6.45, 7) is 2.30. The lowest BCUT2D eigenvalue weighted by molar-refractivity contribution is 0.0942. The monoisotopic (exact) mass is 298 g/mol. The van der Waals surface area contributed by atoms with Crippen LogP contribution >= 0.6 is 0 Å². The molecule has 2 unspecified atom stereocenters. The first-order valence-electron chi connectivity index (χ1n) is 8.25. The molecule has 2 aromatic rings. The van der Waals surface area contributed by atoms with Crippen molar-refractivity contribution in [1.29, 1.82) is 0 Å². The van der Waals surface area contributed by atoms with Gasteiger partial charge in [0.05, 0.1) is 11.1 Å². The van der Waals surface area contributed by atoms with Gasteiger partial charge >= 0.3 is 0 Å². The molecule has 1 aromatic carbocycles. The van der Waals surface area contributed by atoms with Crippen LogP contribution in [0.25, 0.3) is 11.0 Å². The first-order chi connectivity index (χ1) is 10.7. The molecule has 2 aliphatic rings. The Morgan fingerprint density at radius 2 is 2.18 bits per heavy atom. The van der Waals surface area contributed by atoms with Crippen molar-refractivity contribution in [3.05, 3.63) is 29.6 Å². The molecule has 0 radical (unpaired) electrons.